The molecule has 0 spiro atoms. The van der Waals surface area contributed by atoms with Gasteiger partial charge in [0, 0.05) is 39.4 Å². The summed E-state index contributed by atoms with van der Waals surface area (Å²) in [5, 5.41) is 13.0. The highest BCUT2D eigenvalue weighted by Crippen LogP contribution is 2.19. The van der Waals surface area contributed by atoms with Gasteiger partial charge in [-0.15, -0.1) is 0 Å². The van der Waals surface area contributed by atoms with E-state index in [0.29, 0.717) is 6.54 Å². The van der Waals surface area contributed by atoms with Gasteiger partial charge in [0.15, 0.2) is 0 Å². The van der Waals surface area contributed by atoms with E-state index in [2.05, 4.69) is 10.00 Å². The summed E-state index contributed by atoms with van der Waals surface area (Å²) in [7, 11) is 1.72. The molecule has 1 aromatic heterocycles. The first-order valence-corrected chi connectivity index (χ1v) is 7.70. The number of aliphatic hydroxyl groups is 1. The van der Waals surface area contributed by atoms with Gasteiger partial charge in [0.05, 0.1) is 18.0 Å². The lowest BCUT2D eigenvalue weighted by molar-refractivity contribution is 0.121. The van der Waals surface area contributed by atoms with E-state index in [1.54, 1.807) is 19.4 Å². The number of anilines is 1. The third-order valence-corrected chi connectivity index (χ3v) is 3.98. The third-order valence-electron chi connectivity index (χ3n) is 3.98. The van der Waals surface area contributed by atoms with Crippen LogP contribution < -0.4 is 10.5 Å². The molecule has 0 bridgehead atoms. The monoisotopic (exact) mass is 295 g/mol. The summed E-state index contributed by atoms with van der Waals surface area (Å²) in [6, 6.07) is 1.67. The van der Waals surface area contributed by atoms with E-state index in [4.69, 9.17) is 9.84 Å². The zero-order chi connectivity index (χ0) is 15.1. The second-order valence-electron chi connectivity index (χ2n) is 5.51. The summed E-state index contributed by atoms with van der Waals surface area (Å²) in [6.45, 7) is 2.62. The lowest BCUT2D eigenvalue weighted by Crippen LogP contribution is -2.27. The Morgan fingerprint density at radius 1 is 1.38 bits per heavy atom. The predicted molar refractivity (Wildman–Crippen MR) is 81.7 cm³/mol. The van der Waals surface area contributed by atoms with Gasteiger partial charge in [0.1, 0.15) is 0 Å². The van der Waals surface area contributed by atoms with Gasteiger partial charge in [-0.25, -0.2) is 4.68 Å². The first kappa shape index (κ1) is 16.0. The number of aliphatic hydroxyl groups excluding tert-OH is 1. The molecule has 1 aliphatic heterocycles. The van der Waals surface area contributed by atoms with Gasteiger partial charge in [-0.3, -0.25) is 4.79 Å². The van der Waals surface area contributed by atoms with E-state index < -0.39 is 0 Å². The molecule has 1 N–H and O–H groups in total. The third kappa shape index (κ3) is 4.54. The smallest absolute Gasteiger partial charge is 0.268 e. The standard InChI is InChI=1S/C15H25N3O3/c1-21-14-6-8-17(12-14)13-10-15(20)18(16-11-13)7-4-2-3-5-9-19/h10-11,14,19H,2-9,12H2,1H3. The van der Waals surface area contributed by atoms with Crippen molar-refractivity contribution in [1.29, 1.82) is 0 Å². The van der Waals surface area contributed by atoms with Crippen LogP contribution in [0.15, 0.2) is 17.1 Å². The Labute approximate surface area is 125 Å². The van der Waals surface area contributed by atoms with E-state index in [-0.39, 0.29) is 18.3 Å². The highest BCUT2D eigenvalue weighted by Gasteiger charge is 2.22. The first-order chi connectivity index (χ1) is 10.2. The van der Waals surface area contributed by atoms with Crippen molar-refractivity contribution in [3.05, 3.63) is 22.6 Å². The molecule has 1 aliphatic rings. The Balaban J connectivity index is 1.87. The average molecular weight is 295 g/mol. The summed E-state index contributed by atoms with van der Waals surface area (Å²) >= 11 is 0. The van der Waals surface area contributed by atoms with Gasteiger partial charge in [-0.2, -0.15) is 5.10 Å². The maximum absolute atomic E-state index is 12.1. The van der Waals surface area contributed by atoms with Crippen molar-refractivity contribution in [2.24, 2.45) is 0 Å². The molecule has 0 aromatic carbocycles. The van der Waals surface area contributed by atoms with Gasteiger partial charge in [-0.05, 0) is 19.3 Å². The number of unbranched alkanes of at least 4 members (excludes halogenated alkanes) is 3. The second-order valence-corrected chi connectivity index (χ2v) is 5.51. The largest absolute Gasteiger partial charge is 0.396 e. The highest BCUT2D eigenvalue weighted by molar-refractivity contribution is 5.44. The number of methoxy groups -OCH3 is 1. The lowest BCUT2D eigenvalue weighted by atomic mass is 10.2. The van der Waals surface area contributed by atoms with Crippen LogP contribution >= 0.6 is 0 Å². The van der Waals surface area contributed by atoms with Crippen molar-refractivity contribution in [2.45, 2.75) is 44.8 Å². The van der Waals surface area contributed by atoms with Gasteiger partial charge in [-0.1, -0.05) is 12.8 Å². The van der Waals surface area contributed by atoms with Crippen LogP contribution in [0.5, 0.6) is 0 Å². The molecular formula is C15H25N3O3. The minimum Gasteiger partial charge on any atom is -0.396 e. The van der Waals surface area contributed by atoms with Crippen LogP contribution in [0.3, 0.4) is 0 Å². The van der Waals surface area contributed by atoms with Crippen molar-refractivity contribution in [1.82, 2.24) is 9.78 Å². The minimum atomic E-state index is -0.0458. The van der Waals surface area contributed by atoms with Crippen molar-refractivity contribution in [3.8, 4) is 0 Å². The normalized spacial score (nSPS) is 18.4. The summed E-state index contributed by atoms with van der Waals surface area (Å²) < 4.78 is 6.86. The molecule has 2 rings (SSSR count). The Kier molecular flexibility index (Phi) is 6.20. The molecule has 2 heterocycles. The van der Waals surface area contributed by atoms with Gasteiger partial charge < -0.3 is 14.7 Å². The molecule has 0 amide bonds. The number of nitrogens with zero attached hydrogens (tertiary/aromatic N) is 3. The predicted octanol–water partition coefficient (Wildman–Crippen LogP) is 1.02. The summed E-state index contributed by atoms with van der Waals surface area (Å²) in [4.78, 5) is 14.2. The molecule has 0 aliphatic carbocycles. The quantitative estimate of drug-likeness (QED) is 0.725. The molecule has 1 unspecified atom stereocenters. The van der Waals surface area contributed by atoms with Crippen LogP contribution in [0.1, 0.15) is 32.1 Å². The van der Waals surface area contributed by atoms with Crippen LogP contribution in [0.2, 0.25) is 0 Å². The number of ether oxygens (including phenoxy) is 1. The molecule has 6 heteroatoms. The zero-order valence-electron chi connectivity index (χ0n) is 12.7. The zero-order valence-corrected chi connectivity index (χ0v) is 12.7. The number of aromatic nitrogens is 2. The fraction of sp³-hybridized carbons (Fsp3) is 0.733. The second kappa shape index (κ2) is 8.14. The maximum Gasteiger partial charge on any atom is 0.268 e. The van der Waals surface area contributed by atoms with Crippen LogP contribution in [0, 0.1) is 0 Å². The van der Waals surface area contributed by atoms with Crippen molar-refractivity contribution in [2.75, 3.05) is 31.7 Å². The van der Waals surface area contributed by atoms with Crippen LogP contribution in [-0.4, -0.2) is 47.8 Å². The number of aryl methyl sites for hydroxylation is 1. The molecule has 1 atom stereocenters. The first-order valence-electron chi connectivity index (χ1n) is 7.70. The average Bonchev–Trinajstić information content (AvgIpc) is 2.97. The van der Waals surface area contributed by atoms with Gasteiger partial charge in [0.2, 0.25) is 0 Å². The Bertz CT molecular complexity index is 489. The minimum absolute atomic E-state index is 0.0458. The molecule has 1 fully saturated rings. The molecule has 1 saturated heterocycles. The van der Waals surface area contributed by atoms with E-state index in [9.17, 15) is 4.79 Å². The van der Waals surface area contributed by atoms with E-state index in [0.717, 1.165) is 50.9 Å². The molecule has 0 radical (unpaired) electrons. The Morgan fingerprint density at radius 2 is 2.19 bits per heavy atom. The van der Waals surface area contributed by atoms with Gasteiger partial charge >= 0.3 is 0 Å². The van der Waals surface area contributed by atoms with E-state index >= 15 is 0 Å². The van der Waals surface area contributed by atoms with Crippen LogP contribution in [0.4, 0.5) is 5.69 Å². The van der Waals surface area contributed by atoms with Crippen LogP contribution in [-0.2, 0) is 11.3 Å². The Hall–Kier alpha value is -1.40. The fourth-order valence-corrected chi connectivity index (χ4v) is 2.65. The van der Waals surface area contributed by atoms with Crippen molar-refractivity contribution >= 4 is 5.69 Å². The summed E-state index contributed by atoms with van der Waals surface area (Å²) in [6.07, 6.45) is 6.77. The van der Waals surface area contributed by atoms with Crippen LogP contribution in [0.25, 0.3) is 0 Å². The van der Waals surface area contributed by atoms with Crippen molar-refractivity contribution in [3.63, 3.8) is 0 Å². The molecule has 21 heavy (non-hydrogen) atoms. The SMILES string of the molecule is COC1CCN(c2cnn(CCCCCCO)c(=O)c2)C1. The number of rotatable bonds is 8. The number of hydrogen-bond donors (Lipinski definition) is 1. The van der Waals surface area contributed by atoms with E-state index in [1.807, 2.05) is 0 Å². The molecule has 0 saturated carbocycles. The molecule has 1 aromatic rings. The summed E-state index contributed by atoms with van der Waals surface area (Å²) in [5.74, 6) is 0. The summed E-state index contributed by atoms with van der Waals surface area (Å²) in [5.41, 5.74) is 0.839. The fourth-order valence-electron chi connectivity index (χ4n) is 2.65. The molecule has 6 nitrogen and oxygen atoms in total. The van der Waals surface area contributed by atoms with E-state index in [1.165, 1.54) is 4.68 Å². The van der Waals surface area contributed by atoms with Gasteiger partial charge in [0.25, 0.3) is 5.56 Å². The topological polar surface area (TPSA) is 67.6 Å². The lowest BCUT2D eigenvalue weighted by Gasteiger charge is -2.18. The van der Waals surface area contributed by atoms with Crippen molar-refractivity contribution < 1.29 is 9.84 Å². The molecule has 118 valence electrons. The molecular weight excluding hydrogens is 270 g/mol. The maximum atomic E-state index is 12.1. The Morgan fingerprint density at radius 3 is 2.86 bits per heavy atom. The highest BCUT2D eigenvalue weighted by atomic mass is 16.5. The number of hydrogen-bond acceptors (Lipinski definition) is 5.